The number of carbonyl (C=O) groups is 2. The molecular formula is C18H16F5NO4. The van der Waals surface area contributed by atoms with Gasteiger partial charge >= 0.3 is 18.8 Å². The summed E-state index contributed by atoms with van der Waals surface area (Å²) in [6.07, 6.45) is -4.46. The van der Waals surface area contributed by atoms with E-state index in [-0.39, 0.29) is 22.5 Å². The number of para-hydroxylation sites is 1. The number of hydrogen-bond acceptors (Lipinski definition) is 4. The number of esters is 1. The molecular weight excluding hydrogens is 389 g/mol. The largest absolute Gasteiger partial charge is 0.454 e. The molecule has 0 unspecified atom stereocenters. The first-order valence-corrected chi connectivity index (χ1v) is 7.97. The molecule has 0 amide bonds. The second-order valence-corrected chi connectivity index (χ2v) is 5.86. The summed E-state index contributed by atoms with van der Waals surface area (Å²) in [6, 6.07) is 6.34. The zero-order valence-electron chi connectivity index (χ0n) is 14.8. The molecule has 1 heterocycles. The van der Waals surface area contributed by atoms with Gasteiger partial charge in [0.1, 0.15) is 17.9 Å². The van der Waals surface area contributed by atoms with Crippen LogP contribution in [0.4, 0.5) is 22.0 Å². The SMILES string of the molecule is Cc1cc(C(=O)COC(=O)c2ccccc2OC(F)F)c(C)n1CC(F)(F)F. The maximum atomic E-state index is 12.6. The van der Waals surface area contributed by atoms with Crippen LogP contribution in [0, 0.1) is 13.8 Å². The number of rotatable bonds is 7. The number of benzene rings is 1. The van der Waals surface area contributed by atoms with Crippen molar-refractivity contribution in [2.45, 2.75) is 33.2 Å². The fourth-order valence-corrected chi connectivity index (χ4v) is 2.63. The summed E-state index contributed by atoms with van der Waals surface area (Å²) in [5.74, 6) is -2.21. The van der Waals surface area contributed by atoms with Crippen molar-refractivity contribution in [3.63, 3.8) is 0 Å². The van der Waals surface area contributed by atoms with Crippen molar-refractivity contribution in [1.82, 2.24) is 4.57 Å². The second-order valence-electron chi connectivity index (χ2n) is 5.86. The lowest BCUT2D eigenvalue weighted by molar-refractivity contribution is -0.141. The molecule has 0 saturated heterocycles. The van der Waals surface area contributed by atoms with Crippen molar-refractivity contribution in [1.29, 1.82) is 0 Å². The molecule has 0 atom stereocenters. The van der Waals surface area contributed by atoms with Crippen molar-refractivity contribution >= 4 is 11.8 Å². The Kier molecular flexibility index (Phi) is 6.42. The van der Waals surface area contributed by atoms with Gasteiger partial charge in [-0.25, -0.2) is 4.79 Å². The van der Waals surface area contributed by atoms with Crippen molar-refractivity contribution in [2.24, 2.45) is 0 Å². The lowest BCUT2D eigenvalue weighted by Gasteiger charge is -2.12. The lowest BCUT2D eigenvalue weighted by Crippen LogP contribution is -2.20. The average Bonchev–Trinajstić information content (AvgIpc) is 2.86. The number of ketones is 1. The van der Waals surface area contributed by atoms with Crippen molar-refractivity contribution in [2.75, 3.05) is 6.61 Å². The maximum Gasteiger partial charge on any atom is 0.406 e. The van der Waals surface area contributed by atoms with Crippen LogP contribution in [0.1, 0.15) is 32.1 Å². The van der Waals surface area contributed by atoms with Crippen LogP contribution in [0.5, 0.6) is 5.75 Å². The van der Waals surface area contributed by atoms with Gasteiger partial charge in [0.25, 0.3) is 0 Å². The van der Waals surface area contributed by atoms with Crippen LogP contribution in [0.15, 0.2) is 30.3 Å². The summed E-state index contributed by atoms with van der Waals surface area (Å²) in [5, 5.41) is 0. The van der Waals surface area contributed by atoms with Crippen LogP contribution in [-0.4, -0.2) is 35.7 Å². The fraction of sp³-hybridized carbons (Fsp3) is 0.333. The smallest absolute Gasteiger partial charge is 0.406 e. The minimum Gasteiger partial charge on any atom is -0.454 e. The Bertz CT molecular complexity index is 873. The van der Waals surface area contributed by atoms with Gasteiger partial charge in [0.05, 0.1) is 0 Å². The van der Waals surface area contributed by atoms with E-state index in [9.17, 15) is 31.5 Å². The number of Topliss-reactive ketones (excluding diaryl/α,β-unsaturated/α-hetero) is 1. The minimum absolute atomic E-state index is 0.0216. The summed E-state index contributed by atoms with van der Waals surface area (Å²) in [7, 11) is 0. The van der Waals surface area contributed by atoms with Gasteiger partial charge in [-0.05, 0) is 32.0 Å². The Morgan fingerprint density at radius 1 is 1.11 bits per heavy atom. The Hall–Kier alpha value is -2.91. The Morgan fingerprint density at radius 2 is 1.75 bits per heavy atom. The van der Waals surface area contributed by atoms with Crippen LogP contribution in [0.2, 0.25) is 0 Å². The second kappa shape index (κ2) is 8.41. The first-order chi connectivity index (χ1) is 13.0. The molecule has 0 aliphatic carbocycles. The zero-order chi connectivity index (χ0) is 21.1. The fourth-order valence-electron chi connectivity index (χ4n) is 2.63. The van der Waals surface area contributed by atoms with E-state index in [1.54, 1.807) is 0 Å². The molecule has 10 heteroatoms. The van der Waals surface area contributed by atoms with Crippen LogP contribution in [-0.2, 0) is 11.3 Å². The maximum absolute atomic E-state index is 12.6. The molecule has 0 aliphatic rings. The van der Waals surface area contributed by atoms with Crippen LogP contribution in [0.3, 0.4) is 0 Å². The lowest BCUT2D eigenvalue weighted by atomic mass is 10.1. The Balaban J connectivity index is 2.11. The summed E-state index contributed by atoms with van der Waals surface area (Å²) in [6.45, 7) is -2.41. The number of alkyl halides is 5. The Morgan fingerprint density at radius 3 is 2.36 bits per heavy atom. The molecule has 1 aromatic carbocycles. The quantitative estimate of drug-likeness (QED) is 0.391. The number of hydrogen-bond donors (Lipinski definition) is 0. The average molecular weight is 405 g/mol. The third kappa shape index (κ3) is 5.30. The molecule has 0 aliphatic heterocycles. The summed E-state index contributed by atoms with van der Waals surface area (Å²) in [5.41, 5.74) is -0.0257. The predicted molar refractivity (Wildman–Crippen MR) is 87.6 cm³/mol. The highest BCUT2D eigenvalue weighted by Crippen LogP contribution is 2.24. The van der Waals surface area contributed by atoms with E-state index in [1.165, 1.54) is 38.1 Å². The number of nitrogens with zero attached hydrogens (tertiary/aromatic N) is 1. The molecule has 0 spiro atoms. The van der Waals surface area contributed by atoms with Crippen LogP contribution >= 0.6 is 0 Å². The van der Waals surface area contributed by atoms with E-state index in [2.05, 4.69) is 4.74 Å². The highest BCUT2D eigenvalue weighted by Gasteiger charge is 2.30. The normalized spacial score (nSPS) is 11.6. The highest BCUT2D eigenvalue weighted by molar-refractivity contribution is 6.01. The van der Waals surface area contributed by atoms with E-state index in [1.807, 2.05) is 0 Å². The van der Waals surface area contributed by atoms with Gasteiger partial charge in [-0.2, -0.15) is 22.0 Å². The molecule has 0 N–H and O–H groups in total. The van der Waals surface area contributed by atoms with Gasteiger partial charge in [-0.3, -0.25) is 4.79 Å². The summed E-state index contributed by atoms with van der Waals surface area (Å²) in [4.78, 5) is 24.3. The topological polar surface area (TPSA) is 57.5 Å². The summed E-state index contributed by atoms with van der Waals surface area (Å²) >= 11 is 0. The van der Waals surface area contributed by atoms with Gasteiger partial charge in [0.2, 0.25) is 5.78 Å². The highest BCUT2D eigenvalue weighted by atomic mass is 19.4. The molecule has 0 saturated carbocycles. The third-order valence-corrected chi connectivity index (χ3v) is 3.87. The van der Waals surface area contributed by atoms with E-state index in [4.69, 9.17) is 4.74 Å². The Labute approximate surface area is 156 Å². The van der Waals surface area contributed by atoms with E-state index >= 15 is 0 Å². The number of aromatic nitrogens is 1. The third-order valence-electron chi connectivity index (χ3n) is 3.87. The van der Waals surface area contributed by atoms with Crippen molar-refractivity contribution < 1.29 is 41.0 Å². The molecule has 0 bridgehead atoms. The molecule has 2 aromatic rings. The number of halogens is 5. The molecule has 1 aromatic heterocycles. The zero-order valence-corrected chi connectivity index (χ0v) is 14.8. The van der Waals surface area contributed by atoms with Crippen LogP contribution < -0.4 is 4.74 Å². The molecule has 0 radical (unpaired) electrons. The molecule has 2 rings (SSSR count). The molecule has 5 nitrogen and oxygen atoms in total. The van der Waals surface area contributed by atoms with Gasteiger partial charge < -0.3 is 14.0 Å². The number of ether oxygens (including phenoxy) is 2. The summed E-state index contributed by atoms with van der Waals surface area (Å²) < 4.78 is 72.7. The molecule has 152 valence electrons. The van der Waals surface area contributed by atoms with E-state index in [0.717, 1.165) is 10.6 Å². The van der Waals surface area contributed by atoms with Crippen LogP contribution in [0.25, 0.3) is 0 Å². The molecule has 28 heavy (non-hydrogen) atoms. The monoisotopic (exact) mass is 405 g/mol. The van der Waals surface area contributed by atoms with Gasteiger partial charge in [0.15, 0.2) is 6.61 Å². The minimum atomic E-state index is -4.46. The van der Waals surface area contributed by atoms with Crippen molar-refractivity contribution in [3.8, 4) is 5.75 Å². The van der Waals surface area contributed by atoms with E-state index < -0.39 is 43.4 Å². The van der Waals surface area contributed by atoms with Gasteiger partial charge in [0, 0.05) is 17.0 Å². The molecule has 0 fully saturated rings. The van der Waals surface area contributed by atoms with Gasteiger partial charge in [-0.15, -0.1) is 0 Å². The first kappa shape index (κ1) is 21.4. The number of carbonyl (C=O) groups excluding carboxylic acids is 2. The van der Waals surface area contributed by atoms with Crippen molar-refractivity contribution in [3.05, 3.63) is 52.8 Å². The van der Waals surface area contributed by atoms with Gasteiger partial charge in [-0.1, -0.05) is 12.1 Å². The predicted octanol–water partition coefficient (Wildman–Crippen LogP) is 4.31. The number of aryl methyl sites for hydroxylation is 1. The van der Waals surface area contributed by atoms with E-state index in [0.29, 0.717) is 0 Å². The first-order valence-electron chi connectivity index (χ1n) is 7.97. The standard InChI is InChI=1S/C18H16F5NO4/c1-10-7-13(11(2)24(10)9-18(21,22)23)14(25)8-27-16(26)12-5-3-4-6-15(12)28-17(19)20/h3-7,17H,8-9H2,1-2H3.